The number of piperidine rings is 2. The van der Waals surface area contributed by atoms with Gasteiger partial charge in [0.2, 0.25) is 0 Å². The lowest BCUT2D eigenvalue weighted by atomic mass is 10.0. The Balaban J connectivity index is 0.000000196. The number of nitrogens with zero attached hydrogens (tertiary/aromatic N) is 7. The number of ether oxygens (including phenoxy) is 4. The summed E-state index contributed by atoms with van der Waals surface area (Å²) in [5.41, 5.74) is 3.23. The number of amides is 4. The summed E-state index contributed by atoms with van der Waals surface area (Å²) in [5.74, 6) is 1.32. The molecule has 7 aromatic rings. The van der Waals surface area contributed by atoms with Crippen LogP contribution in [0.3, 0.4) is 0 Å². The first-order valence-corrected chi connectivity index (χ1v) is 29.1. The van der Waals surface area contributed by atoms with Crippen LogP contribution in [-0.2, 0) is 36.0 Å². The number of likely N-dealkylation sites (tertiary alicyclic amines) is 2. The highest BCUT2D eigenvalue weighted by atomic mass is 32.1. The number of thiophene rings is 2. The van der Waals surface area contributed by atoms with Crippen molar-refractivity contribution in [3.05, 3.63) is 90.8 Å². The number of benzene rings is 2. The third-order valence-corrected chi connectivity index (χ3v) is 16.0. The summed E-state index contributed by atoms with van der Waals surface area (Å²) in [6.45, 7) is 24.6. The lowest BCUT2D eigenvalue weighted by Crippen LogP contribution is -2.50. The van der Waals surface area contributed by atoms with Gasteiger partial charge in [-0.3, -0.25) is 24.5 Å². The molecule has 0 spiro atoms. The van der Waals surface area contributed by atoms with Gasteiger partial charge in [-0.2, -0.15) is 0 Å². The fourth-order valence-corrected chi connectivity index (χ4v) is 12.6. The normalized spacial score (nSPS) is 15.6. The summed E-state index contributed by atoms with van der Waals surface area (Å²) in [4.78, 5) is 86.0. The molecule has 0 unspecified atom stereocenters. The molecular weight excluding hydrogens is 1070 g/mol. The quantitative estimate of drug-likeness (QED) is 0.0662. The minimum absolute atomic E-state index is 0.106. The number of aromatic nitrogens is 4. The number of hydrogen-bond acceptors (Lipinski definition) is 14. The number of alkyl carbamates (subject to hydrolysis) is 2. The summed E-state index contributed by atoms with van der Waals surface area (Å²) in [6, 6.07) is 14.6. The molecule has 0 aliphatic carbocycles. The van der Waals surface area contributed by atoms with Crippen LogP contribution < -0.4 is 20.1 Å². The first-order chi connectivity index (χ1) is 38.3. The van der Waals surface area contributed by atoms with Gasteiger partial charge < -0.3 is 53.1 Å². The summed E-state index contributed by atoms with van der Waals surface area (Å²) < 4.78 is 28.1. The van der Waals surface area contributed by atoms with Crippen LogP contribution in [0.5, 0.6) is 11.5 Å². The highest BCUT2D eigenvalue weighted by Crippen LogP contribution is 2.38. The fraction of sp³-hybridized carbons (Fsp3) is 0.492. The Hall–Kier alpha value is -7.46. The van der Waals surface area contributed by atoms with E-state index in [0.29, 0.717) is 67.2 Å². The number of aryl methyl sites for hydroxylation is 5. The van der Waals surface area contributed by atoms with Crippen LogP contribution in [0.15, 0.2) is 48.5 Å². The van der Waals surface area contributed by atoms with E-state index in [0.717, 1.165) is 61.4 Å². The minimum Gasteiger partial charge on any atom is -0.496 e. The van der Waals surface area contributed by atoms with Crippen LogP contribution >= 0.6 is 22.7 Å². The van der Waals surface area contributed by atoms with Crippen molar-refractivity contribution in [2.24, 2.45) is 7.05 Å². The summed E-state index contributed by atoms with van der Waals surface area (Å²) in [5, 5.41) is 19.6. The zero-order chi connectivity index (χ0) is 59.2. The van der Waals surface area contributed by atoms with Crippen LogP contribution in [0.4, 0.5) is 15.3 Å². The largest absolute Gasteiger partial charge is 0.496 e. The van der Waals surface area contributed by atoms with Crippen molar-refractivity contribution in [1.82, 2.24) is 39.1 Å². The second kappa shape index (κ2) is 25.6. The van der Waals surface area contributed by atoms with Crippen molar-refractivity contribution in [3.8, 4) is 23.0 Å². The molecule has 2 N–H and O–H groups in total. The predicted molar refractivity (Wildman–Crippen MR) is 318 cm³/mol. The Morgan fingerprint density at radius 1 is 0.728 bits per heavy atom. The van der Waals surface area contributed by atoms with E-state index in [1.54, 1.807) is 79.4 Å². The van der Waals surface area contributed by atoms with Crippen LogP contribution in [-0.4, -0.2) is 127 Å². The molecule has 5 aromatic heterocycles. The molecule has 0 radical (unpaired) electrons. The van der Waals surface area contributed by atoms with Gasteiger partial charge in [0.05, 0.1) is 47.2 Å². The number of methoxy groups -OCH3 is 2. The van der Waals surface area contributed by atoms with Crippen molar-refractivity contribution < 1.29 is 47.8 Å². The van der Waals surface area contributed by atoms with Crippen molar-refractivity contribution in [2.75, 3.05) is 40.4 Å². The average molecular weight is 1150 g/mol. The molecule has 81 heavy (non-hydrogen) atoms. The molecule has 0 saturated carbocycles. The molecule has 2 atom stereocenters. The maximum Gasteiger partial charge on any atom is 0.407 e. The van der Waals surface area contributed by atoms with Gasteiger partial charge in [0, 0.05) is 90.6 Å². The van der Waals surface area contributed by atoms with E-state index >= 15 is 0 Å². The highest BCUT2D eigenvalue weighted by Gasteiger charge is 2.32. The number of hydrogen-bond donors (Lipinski definition) is 2. The maximum atomic E-state index is 13.6. The Morgan fingerprint density at radius 2 is 1.22 bits per heavy atom. The standard InChI is InChI=1S/C29H37N5O4S.C20H29N3O6.C10H11NOS/c1-8-34-22(14-19-12-17(2)39-27(19)34)25-31-21-13-18(15-23(37-7)24(21)32(25)6)26(35)33-11-9-10-20(16-33)30-28(36)38-29(3,4)5;1-6-15-16(23(26)27)10-13(11-17(15)28-5)18(24)22-9-7-8-14(12-22)21-19(25)29-20(2,3)4;1-3-11-9(6-12)5-8-4-7(2)13-10(8)11/h12-15,20H,8-11,16H2,1-7H3,(H,30,36);10-11,14H,6-9,12H2,1-5H3,(H,21,25);4-6H,3H2,1-2H3/t20-;14-;/m11./s1. The number of carbonyl (C=O) groups is 5. The van der Waals surface area contributed by atoms with E-state index in [4.69, 9.17) is 23.9 Å². The maximum absolute atomic E-state index is 13.6. The highest BCUT2D eigenvalue weighted by molar-refractivity contribution is 7.19. The summed E-state index contributed by atoms with van der Waals surface area (Å²) in [7, 11) is 5.03. The average Bonchev–Trinajstić information content (AvgIpc) is 4.42. The molecule has 436 valence electrons. The molecule has 2 aliphatic rings. The van der Waals surface area contributed by atoms with Crippen LogP contribution in [0.1, 0.15) is 135 Å². The monoisotopic (exact) mass is 1150 g/mol. The number of fused-ring (bicyclic) bond motifs is 3. The number of aldehydes is 1. The number of imidazole rings is 1. The SMILES string of the molecule is CCc1c(OC)cc(C(=O)N2CCC[C@@H](NC(=O)OC(C)(C)C)C2)cc1[N+](=O)[O-].CCn1c(-c2nc3cc(C(=O)N4CCC[C@@H](NC(=O)OC(C)(C)C)C4)cc(OC)c3n2C)cc2cc(C)sc21.CCn1c(C=O)cc2cc(C)sc21. The Labute approximate surface area is 480 Å². The number of nitrogens with one attached hydrogen (secondary N) is 2. The first kappa shape index (κ1) is 61.2. The van der Waals surface area contributed by atoms with Crippen molar-refractivity contribution >= 4 is 90.1 Å². The fourth-order valence-electron chi connectivity index (χ4n) is 10.4. The molecule has 9 rings (SSSR count). The van der Waals surface area contributed by atoms with E-state index < -0.39 is 28.3 Å². The smallest absolute Gasteiger partial charge is 0.407 e. The van der Waals surface area contributed by atoms with E-state index in [-0.39, 0.29) is 35.1 Å². The number of nitro benzene ring substituents is 1. The van der Waals surface area contributed by atoms with E-state index in [1.807, 2.05) is 44.5 Å². The molecule has 0 bridgehead atoms. The molecule has 22 heteroatoms. The molecule has 20 nitrogen and oxygen atoms in total. The van der Waals surface area contributed by atoms with E-state index in [1.165, 1.54) is 43.4 Å². The summed E-state index contributed by atoms with van der Waals surface area (Å²) in [6.07, 6.45) is 3.37. The summed E-state index contributed by atoms with van der Waals surface area (Å²) >= 11 is 3.53. The van der Waals surface area contributed by atoms with Gasteiger partial charge in [-0.15, -0.1) is 22.7 Å². The Bertz CT molecular complexity index is 3460. The second-order valence-electron chi connectivity index (χ2n) is 22.2. The molecule has 4 amide bonds. The Kier molecular flexibility index (Phi) is 19.3. The lowest BCUT2D eigenvalue weighted by Gasteiger charge is -2.33. The molecule has 2 aromatic carbocycles. The van der Waals surface area contributed by atoms with Gasteiger partial charge in [0.25, 0.3) is 17.5 Å². The number of carbonyl (C=O) groups excluding carboxylic acids is 5. The first-order valence-electron chi connectivity index (χ1n) is 27.4. The van der Waals surface area contributed by atoms with Gasteiger partial charge in [-0.25, -0.2) is 14.6 Å². The van der Waals surface area contributed by atoms with E-state index in [9.17, 15) is 34.1 Å². The zero-order valence-corrected chi connectivity index (χ0v) is 50.7. The number of rotatable bonds is 12. The van der Waals surface area contributed by atoms with Gasteiger partial charge in [0.1, 0.15) is 37.9 Å². The topological polar surface area (TPSA) is 224 Å². The van der Waals surface area contributed by atoms with Crippen LogP contribution in [0, 0.1) is 24.0 Å². The zero-order valence-electron chi connectivity index (χ0n) is 49.1. The van der Waals surface area contributed by atoms with Crippen molar-refractivity contribution in [1.29, 1.82) is 0 Å². The van der Waals surface area contributed by atoms with Gasteiger partial charge in [-0.1, -0.05) is 6.92 Å². The van der Waals surface area contributed by atoms with E-state index in [2.05, 4.69) is 65.7 Å². The third-order valence-electron chi connectivity index (χ3n) is 13.9. The van der Waals surface area contributed by atoms with Crippen molar-refractivity contribution in [3.63, 3.8) is 0 Å². The van der Waals surface area contributed by atoms with Crippen LogP contribution in [0.2, 0.25) is 0 Å². The van der Waals surface area contributed by atoms with Gasteiger partial charge in [0.15, 0.2) is 12.1 Å². The van der Waals surface area contributed by atoms with Crippen LogP contribution in [0.25, 0.3) is 43.0 Å². The Morgan fingerprint density at radius 3 is 1.69 bits per heavy atom. The molecule has 2 aliphatic heterocycles. The second-order valence-corrected chi connectivity index (χ2v) is 24.7. The minimum atomic E-state index is -0.606. The molecule has 2 saturated heterocycles. The number of nitro groups is 1. The molecule has 2 fully saturated rings. The molecular formula is C59H77N9O11S2. The third kappa shape index (κ3) is 14.4. The lowest BCUT2D eigenvalue weighted by molar-refractivity contribution is -0.385. The van der Waals surface area contributed by atoms with Crippen molar-refractivity contribution in [2.45, 2.75) is 145 Å². The van der Waals surface area contributed by atoms with Gasteiger partial charge in [-0.05, 0) is 144 Å². The molecule has 7 heterocycles. The van der Waals surface area contributed by atoms with Gasteiger partial charge >= 0.3 is 12.2 Å². The predicted octanol–water partition coefficient (Wildman–Crippen LogP) is 11.9.